The number of hydrogen-bond donors (Lipinski definition) is 2. The van der Waals surface area contributed by atoms with Crippen LogP contribution in [-0.4, -0.2) is 28.1 Å². The summed E-state index contributed by atoms with van der Waals surface area (Å²) in [5.41, 5.74) is 3.97. The van der Waals surface area contributed by atoms with Crippen molar-refractivity contribution in [3.63, 3.8) is 0 Å². The van der Waals surface area contributed by atoms with Gasteiger partial charge >= 0.3 is 0 Å². The van der Waals surface area contributed by atoms with Crippen LogP contribution in [0.2, 0.25) is 0 Å². The summed E-state index contributed by atoms with van der Waals surface area (Å²) in [4.78, 5) is 17.9. The average Bonchev–Trinajstić information content (AvgIpc) is 3.10. The van der Waals surface area contributed by atoms with E-state index in [2.05, 4.69) is 28.2 Å². The Hall–Kier alpha value is -1.88. The monoisotopic (exact) mass is 343 g/mol. The van der Waals surface area contributed by atoms with Gasteiger partial charge in [-0.3, -0.25) is 4.79 Å². The first-order chi connectivity index (χ1) is 11.5. The molecular formula is C19H25N3OS. The Morgan fingerprint density at radius 2 is 1.96 bits per heavy atom. The first-order valence-electron chi connectivity index (χ1n) is 8.61. The van der Waals surface area contributed by atoms with E-state index in [-0.39, 0.29) is 5.56 Å². The summed E-state index contributed by atoms with van der Waals surface area (Å²) in [6.45, 7) is 4.66. The second-order valence-corrected chi connectivity index (χ2v) is 7.12. The van der Waals surface area contributed by atoms with E-state index in [0.29, 0.717) is 12.6 Å². The number of rotatable bonds is 3. The number of aromatic amines is 1. The molecule has 0 saturated heterocycles. The van der Waals surface area contributed by atoms with Gasteiger partial charge in [0.05, 0.1) is 12.1 Å². The zero-order valence-electron chi connectivity index (χ0n) is 14.6. The minimum atomic E-state index is -0.0156. The predicted molar refractivity (Wildman–Crippen MR) is 103 cm³/mol. The first kappa shape index (κ1) is 17.0. The molecule has 2 aromatic rings. The number of fused-ring (bicyclic) bond motifs is 1. The molecule has 4 nitrogen and oxygen atoms in total. The summed E-state index contributed by atoms with van der Waals surface area (Å²) in [5.74, 6) is 0. The molecule has 0 aliphatic heterocycles. The molecule has 0 bridgehead atoms. The number of thiocarbonyl (C=S) groups is 1. The van der Waals surface area contributed by atoms with Crippen LogP contribution in [0.5, 0.6) is 0 Å². The fourth-order valence-corrected chi connectivity index (χ4v) is 3.86. The van der Waals surface area contributed by atoms with Crippen molar-refractivity contribution >= 4 is 28.2 Å². The lowest BCUT2D eigenvalue weighted by Gasteiger charge is -2.31. The molecule has 5 heteroatoms. The number of nitrogens with one attached hydrogen (secondary N) is 2. The Labute approximate surface area is 148 Å². The number of nitrogens with zero attached hydrogens (tertiary/aromatic N) is 1. The maximum absolute atomic E-state index is 12.6. The number of benzene rings is 1. The Balaban J connectivity index is 2.01. The molecule has 1 saturated carbocycles. The van der Waals surface area contributed by atoms with Gasteiger partial charge in [-0.15, -0.1) is 0 Å². The number of H-pyrrole nitrogens is 1. The molecule has 24 heavy (non-hydrogen) atoms. The zero-order chi connectivity index (χ0) is 17.3. The fourth-order valence-electron chi connectivity index (χ4n) is 3.65. The summed E-state index contributed by atoms with van der Waals surface area (Å²) in [5, 5.41) is 4.93. The van der Waals surface area contributed by atoms with E-state index in [0.717, 1.165) is 40.0 Å². The van der Waals surface area contributed by atoms with Crippen LogP contribution >= 0.6 is 12.2 Å². The average molecular weight is 343 g/mol. The topological polar surface area (TPSA) is 48.1 Å². The molecule has 0 unspecified atom stereocenters. The third-order valence-electron chi connectivity index (χ3n) is 5.10. The molecule has 0 spiro atoms. The highest BCUT2D eigenvalue weighted by Gasteiger charge is 2.25. The van der Waals surface area contributed by atoms with Gasteiger partial charge < -0.3 is 15.2 Å². The van der Waals surface area contributed by atoms with Crippen LogP contribution in [0.15, 0.2) is 23.0 Å². The van der Waals surface area contributed by atoms with Gasteiger partial charge in [0.2, 0.25) is 0 Å². The Morgan fingerprint density at radius 1 is 1.29 bits per heavy atom. The van der Waals surface area contributed by atoms with Crippen LogP contribution in [0.1, 0.15) is 42.4 Å². The second-order valence-electron chi connectivity index (χ2n) is 6.73. The molecule has 1 aromatic heterocycles. The maximum Gasteiger partial charge on any atom is 0.253 e. The largest absolute Gasteiger partial charge is 0.366 e. The Bertz CT molecular complexity index is 821. The fraction of sp³-hybridized carbons (Fsp3) is 0.474. The summed E-state index contributed by atoms with van der Waals surface area (Å²) in [6, 6.07) is 6.62. The molecule has 1 aliphatic carbocycles. The summed E-state index contributed by atoms with van der Waals surface area (Å²) in [6.07, 6.45) is 4.76. The molecule has 1 fully saturated rings. The summed E-state index contributed by atoms with van der Waals surface area (Å²) < 4.78 is 0. The van der Waals surface area contributed by atoms with E-state index in [1.807, 2.05) is 26.1 Å². The molecule has 1 aromatic carbocycles. The minimum Gasteiger partial charge on any atom is -0.366 e. The van der Waals surface area contributed by atoms with E-state index in [1.165, 1.54) is 18.4 Å². The van der Waals surface area contributed by atoms with Crippen LogP contribution in [0, 0.1) is 13.8 Å². The third kappa shape index (κ3) is 3.18. The van der Waals surface area contributed by atoms with Crippen LogP contribution in [0.4, 0.5) is 0 Å². The SMILES string of the molecule is CNC(=S)N(Cc1cc2c(C)ccc(C)c2[nH]c1=O)C1CCCC1. The second kappa shape index (κ2) is 6.93. The molecule has 128 valence electrons. The molecule has 2 N–H and O–H groups in total. The van der Waals surface area contributed by atoms with E-state index >= 15 is 0 Å². The number of aromatic nitrogens is 1. The van der Waals surface area contributed by atoms with Gasteiger partial charge in [0.25, 0.3) is 5.56 Å². The highest BCUT2D eigenvalue weighted by molar-refractivity contribution is 7.80. The van der Waals surface area contributed by atoms with Crippen LogP contribution in [0.3, 0.4) is 0 Å². The van der Waals surface area contributed by atoms with Gasteiger partial charge in [0.15, 0.2) is 5.11 Å². The van der Waals surface area contributed by atoms with Crippen LogP contribution in [-0.2, 0) is 6.54 Å². The van der Waals surface area contributed by atoms with Crippen molar-refractivity contribution in [2.24, 2.45) is 0 Å². The normalized spacial score (nSPS) is 15.0. The lowest BCUT2D eigenvalue weighted by Crippen LogP contribution is -2.44. The van der Waals surface area contributed by atoms with Gasteiger partial charge in [-0.05, 0) is 56.1 Å². The number of pyridine rings is 1. The molecule has 1 aliphatic rings. The summed E-state index contributed by atoms with van der Waals surface area (Å²) in [7, 11) is 1.85. The van der Waals surface area contributed by atoms with Crippen molar-refractivity contribution in [2.75, 3.05) is 7.05 Å². The van der Waals surface area contributed by atoms with Crippen LogP contribution in [0.25, 0.3) is 10.9 Å². The molecule has 3 rings (SSSR count). The highest BCUT2D eigenvalue weighted by atomic mass is 32.1. The molecule has 0 amide bonds. The van der Waals surface area contributed by atoms with Crippen molar-refractivity contribution in [2.45, 2.75) is 52.1 Å². The highest BCUT2D eigenvalue weighted by Crippen LogP contribution is 2.26. The van der Waals surface area contributed by atoms with Crippen molar-refractivity contribution in [1.29, 1.82) is 0 Å². The Kier molecular flexibility index (Phi) is 4.90. The molecule has 1 heterocycles. The smallest absolute Gasteiger partial charge is 0.253 e. The maximum atomic E-state index is 12.6. The molecule has 0 radical (unpaired) electrons. The first-order valence-corrected chi connectivity index (χ1v) is 9.02. The number of hydrogen-bond acceptors (Lipinski definition) is 2. The standard InChI is InChI=1S/C19H25N3OS/c1-12-8-9-13(2)17-16(12)10-14(18(23)21-17)11-22(19(24)20-3)15-6-4-5-7-15/h8-10,15H,4-7,11H2,1-3H3,(H,20,24)(H,21,23). The molecule has 0 atom stereocenters. The van der Waals surface area contributed by atoms with Gasteiger partial charge in [0, 0.05) is 24.0 Å². The zero-order valence-corrected chi connectivity index (χ0v) is 15.4. The molecular weight excluding hydrogens is 318 g/mol. The van der Waals surface area contributed by atoms with E-state index in [9.17, 15) is 4.79 Å². The summed E-state index contributed by atoms with van der Waals surface area (Å²) >= 11 is 5.50. The number of aryl methyl sites for hydroxylation is 2. The predicted octanol–water partition coefficient (Wildman–Crippen LogP) is 3.39. The van der Waals surface area contributed by atoms with Gasteiger partial charge in [-0.1, -0.05) is 25.0 Å². The lowest BCUT2D eigenvalue weighted by molar-refractivity contribution is 0.304. The van der Waals surface area contributed by atoms with Crippen molar-refractivity contribution in [3.05, 3.63) is 45.2 Å². The van der Waals surface area contributed by atoms with Gasteiger partial charge in [-0.25, -0.2) is 0 Å². The van der Waals surface area contributed by atoms with Crippen molar-refractivity contribution in [1.82, 2.24) is 15.2 Å². The quantitative estimate of drug-likeness (QED) is 0.839. The van der Waals surface area contributed by atoms with Crippen LogP contribution < -0.4 is 10.9 Å². The third-order valence-corrected chi connectivity index (χ3v) is 5.54. The van der Waals surface area contributed by atoms with Crippen molar-refractivity contribution in [3.8, 4) is 0 Å². The minimum absolute atomic E-state index is 0.0156. The van der Waals surface area contributed by atoms with Crippen molar-refractivity contribution < 1.29 is 0 Å². The van der Waals surface area contributed by atoms with E-state index < -0.39 is 0 Å². The van der Waals surface area contributed by atoms with E-state index in [1.54, 1.807) is 0 Å². The van der Waals surface area contributed by atoms with Gasteiger partial charge in [0.1, 0.15) is 0 Å². The van der Waals surface area contributed by atoms with Gasteiger partial charge in [-0.2, -0.15) is 0 Å². The van der Waals surface area contributed by atoms with E-state index in [4.69, 9.17) is 12.2 Å². The lowest BCUT2D eigenvalue weighted by atomic mass is 10.0. The Morgan fingerprint density at radius 3 is 2.62 bits per heavy atom.